The summed E-state index contributed by atoms with van der Waals surface area (Å²) in [6.45, 7) is 0. The standard InChI is InChI=1S/C29H16Br3N/c30-17-13-28(33-29(32)14-17)26-15-24-22-11-5-3-9-20(22)18-7-1-2-8-19(18)21-10-4-6-12-23(21)25(24)16-27(26)31/h1-16H. The highest BCUT2D eigenvalue weighted by Crippen LogP contribution is 2.49. The maximum absolute atomic E-state index is 4.75. The van der Waals surface area contributed by atoms with Gasteiger partial charge in [0.2, 0.25) is 0 Å². The van der Waals surface area contributed by atoms with Gasteiger partial charge in [0.25, 0.3) is 0 Å². The predicted octanol–water partition coefficient (Wildman–Crippen LogP) is 10.0. The molecule has 0 fully saturated rings. The number of benzene rings is 4. The molecule has 1 aliphatic rings. The number of aromatic nitrogens is 1. The van der Waals surface area contributed by atoms with E-state index in [1.54, 1.807) is 0 Å². The van der Waals surface area contributed by atoms with Gasteiger partial charge in [0, 0.05) is 14.5 Å². The average molecular weight is 618 g/mol. The Balaban J connectivity index is 1.74. The van der Waals surface area contributed by atoms with Crippen molar-refractivity contribution in [2.75, 3.05) is 0 Å². The Kier molecular flexibility index (Phi) is 5.33. The Morgan fingerprint density at radius 2 is 0.848 bits per heavy atom. The van der Waals surface area contributed by atoms with Gasteiger partial charge in [-0.05, 0) is 84.7 Å². The van der Waals surface area contributed by atoms with Crippen molar-refractivity contribution in [3.05, 3.63) is 111 Å². The third-order valence-corrected chi connectivity index (χ3v) is 7.60. The summed E-state index contributed by atoms with van der Waals surface area (Å²) >= 11 is 11.0. The van der Waals surface area contributed by atoms with E-state index in [4.69, 9.17) is 4.98 Å². The molecule has 0 N–H and O–H groups in total. The number of hydrogen-bond acceptors (Lipinski definition) is 1. The molecular weight excluding hydrogens is 602 g/mol. The summed E-state index contributed by atoms with van der Waals surface area (Å²) in [7, 11) is 0. The van der Waals surface area contributed by atoms with Crippen molar-refractivity contribution >= 4 is 47.8 Å². The van der Waals surface area contributed by atoms with Crippen LogP contribution in [0.4, 0.5) is 0 Å². The fourth-order valence-corrected chi connectivity index (χ4v) is 6.40. The first kappa shape index (κ1) is 21.0. The van der Waals surface area contributed by atoms with Crippen molar-refractivity contribution in [2.45, 2.75) is 0 Å². The monoisotopic (exact) mass is 615 g/mol. The molecule has 1 nitrogen and oxygen atoms in total. The minimum absolute atomic E-state index is 0.796. The fraction of sp³-hybridized carbons (Fsp3) is 0. The predicted molar refractivity (Wildman–Crippen MR) is 148 cm³/mol. The Morgan fingerprint density at radius 1 is 0.424 bits per heavy atom. The molecule has 6 rings (SSSR count). The van der Waals surface area contributed by atoms with E-state index in [9.17, 15) is 0 Å². The largest absolute Gasteiger partial charge is 0.241 e. The Hall–Kier alpha value is -2.53. The zero-order valence-electron chi connectivity index (χ0n) is 17.3. The lowest BCUT2D eigenvalue weighted by molar-refractivity contribution is 1.26. The van der Waals surface area contributed by atoms with Crippen molar-refractivity contribution < 1.29 is 0 Å². The maximum Gasteiger partial charge on any atom is 0.107 e. The lowest BCUT2D eigenvalue weighted by Crippen LogP contribution is -1.98. The van der Waals surface area contributed by atoms with Crippen LogP contribution in [0, 0.1) is 0 Å². The Morgan fingerprint density at radius 3 is 1.30 bits per heavy atom. The van der Waals surface area contributed by atoms with E-state index in [1.165, 1.54) is 44.5 Å². The molecule has 4 aromatic carbocycles. The minimum atomic E-state index is 0.796. The van der Waals surface area contributed by atoms with Crippen LogP contribution < -0.4 is 0 Å². The van der Waals surface area contributed by atoms with Crippen molar-refractivity contribution in [3.63, 3.8) is 0 Å². The molecule has 0 amide bonds. The molecular formula is C29H16Br3N. The van der Waals surface area contributed by atoms with Gasteiger partial charge < -0.3 is 0 Å². The molecule has 0 saturated heterocycles. The smallest absolute Gasteiger partial charge is 0.107 e. The zero-order chi connectivity index (χ0) is 22.5. The van der Waals surface area contributed by atoms with E-state index < -0.39 is 0 Å². The molecule has 0 spiro atoms. The van der Waals surface area contributed by atoms with Crippen LogP contribution in [0.2, 0.25) is 0 Å². The van der Waals surface area contributed by atoms with Crippen LogP contribution in [0.25, 0.3) is 55.8 Å². The van der Waals surface area contributed by atoms with Crippen molar-refractivity contribution in [1.82, 2.24) is 4.98 Å². The van der Waals surface area contributed by atoms with Gasteiger partial charge >= 0.3 is 0 Å². The Bertz CT molecular complexity index is 1530. The molecule has 4 heteroatoms. The van der Waals surface area contributed by atoms with Crippen LogP contribution in [-0.2, 0) is 0 Å². The first-order valence-electron chi connectivity index (χ1n) is 10.6. The van der Waals surface area contributed by atoms with Crippen LogP contribution in [0.5, 0.6) is 0 Å². The summed E-state index contributed by atoms with van der Waals surface area (Å²) < 4.78 is 2.79. The zero-order valence-corrected chi connectivity index (χ0v) is 22.1. The number of nitrogens with zero attached hydrogens (tertiary/aromatic N) is 1. The normalized spacial score (nSPS) is 11.5. The van der Waals surface area contributed by atoms with Crippen LogP contribution in [0.3, 0.4) is 0 Å². The molecule has 1 aliphatic carbocycles. The lowest BCUT2D eigenvalue weighted by Gasteiger charge is -2.24. The van der Waals surface area contributed by atoms with Gasteiger partial charge in [-0.3, -0.25) is 0 Å². The van der Waals surface area contributed by atoms with E-state index >= 15 is 0 Å². The first-order valence-corrected chi connectivity index (χ1v) is 12.9. The van der Waals surface area contributed by atoms with Gasteiger partial charge in [0.1, 0.15) is 4.60 Å². The van der Waals surface area contributed by atoms with E-state index in [2.05, 4.69) is 139 Å². The van der Waals surface area contributed by atoms with Crippen molar-refractivity contribution in [1.29, 1.82) is 0 Å². The average Bonchev–Trinajstić information content (AvgIpc) is 2.82. The fourth-order valence-electron chi connectivity index (χ4n) is 4.68. The number of fused-ring (bicyclic) bond motifs is 8. The number of halogens is 3. The molecule has 5 aromatic rings. The highest BCUT2D eigenvalue weighted by Gasteiger charge is 2.23. The Labute approximate surface area is 217 Å². The van der Waals surface area contributed by atoms with Gasteiger partial charge in [-0.25, -0.2) is 4.98 Å². The van der Waals surface area contributed by atoms with Gasteiger partial charge in [0.15, 0.2) is 0 Å². The highest BCUT2D eigenvalue weighted by molar-refractivity contribution is 9.11. The molecule has 158 valence electrons. The van der Waals surface area contributed by atoms with E-state index in [0.717, 1.165) is 24.8 Å². The van der Waals surface area contributed by atoms with E-state index in [-0.39, 0.29) is 0 Å². The van der Waals surface area contributed by atoms with E-state index in [0.29, 0.717) is 0 Å². The second-order valence-electron chi connectivity index (χ2n) is 8.01. The molecule has 1 heterocycles. The van der Waals surface area contributed by atoms with Gasteiger partial charge in [-0.1, -0.05) is 105 Å². The topological polar surface area (TPSA) is 12.9 Å². The first-order chi connectivity index (χ1) is 16.1. The summed E-state index contributed by atoms with van der Waals surface area (Å²) in [6.07, 6.45) is 0. The summed E-state index contributed by atoms with van der Waals surface area (Å²) in [6, 6.07) is 34.6. The van der Waals surface area contributed by atoms with Crippen molar-refractivity contribution in [2.24, 2.45) is 0 Å². The molecule has 1 aromatic heterocycles. The van der Waals surface area contributed by atoms with Gasteiger partial charge in [-0.2, -0.15) is 0 Å². The number of pyridine rings is 1. The van der Waals surface area contributed by atoms with Crippen LogP contribution in [0.15, 0.2) is 111 Å². The molecule has 0 radical (unpaired) electrons. The van der Waals surface area contributed by atoms with Crippen molar-refractivity contribution in [3.8, 4) is 55.8 Å². The van der Waals surface area contributed by atoms with Crippen LogP contribution in [-0.4, -0.2) is 4.98 Å². The summed E-state index contributed by atoms with van der Waals surface area (Å²) in [5.41, 5.74) is 11.8. The van der Waals surface area contributed by atoms with Gasteiger partial charge in [0.05, 0.1) is 5.69 Å². The summed E-state index contributed by atoms with van der Waals surface area (Å²) in [4.78, 5) is 4.75. The summed E-state index contributed by atoms with van der Waals surface area (Å²) in [5, 5.41) is 0. The van der Waals surface area contributed by atoms with Gasteiger partial charge in [-0.15, -0.1) is 0 Å². The molecule has 33 heavy (non-hydrogen) atoms. The molecule has 0 unspecified atom stereocenters. The molecule has 0 aliphatic heterocycles. The minimum Gasteiger partial charge on any atom is -0.241 e. The maximum atomic E-state index is 4.75. The highest BCUT2D eigenvalue weighted by atomic mass is 79.9. The SMILES string of the molecule is Brc1cc(Br)nc(-c2cc3c(cc2Br)-c2ccccc2-c2ccccc2-c2ccccc2-3)c1. The third-order valence-electron chi connectivity index (χ3n) is 6.08. The summed E-state index contributed by atoms with van der Waals surface area (Å²) in [5.74, 6) is 0. The lowest BCUT2D eigenvalue weighted by atomic mass is 9.80. The molecule has 0 saturated carbocycles. The van der Waals surface area contributed by atoms with E-state index in [1.807, 2.05) is 6.07 Å². The number of hydrogen-bond donors (Lipinski definition) is 0. The second-order valence-corrected chi connectivity index (χ2v) is 10.6. The van der Waals surface area contributed by atoms with Crippen LogP contribution >= 0.6 is 47.8 Å². The molecule has 0 bridgehead atoms. The van der Waals surface area contributed by atoms with Crippen LogP contribution in [0.1, 0.15) is 0 Å². The third kappa shape index (κ3) is 3.61. The number of rotatable bonds is 1. The second kappa shape index (κ2) is 8.35. The molecule has 0 atom stereocenters. The quantitative estimate of drug-likeness (QED) is 0.167.